The molecule has 2 rings (SSSR count). The van der Waals surface area contributed by atoms with Gasteiger partial charge in [-0.05, 0) is 41.6 Å². The van der Waals surface area contributed by atoms with Gasteiger partial charge in [-0.3, -0.25) is 0 Å². The zero-order valence-electron chi connectivity index (χ0n) is 10.8. The van der Waals surface area contributed by atoms with Gasteiger partial charge in [0.25, 0.3) is 5.92 Å². The predicted octanol–water partition coefficient (Wildman–Crippen LogP) is 4.68. The van der Waals surface area contributed by atoms with E-state index in [1.165, 1.54) is 12.1 Å². The van der Waals surface area contributed by atoms with Crippen molar-refractivity contribution in [1.29, 1.82) is 0 Å². The lowest BCUT2D eigenvalue weighted by atomic mass is 10.0. The molecule has 0 fully saturated rings. The number of hydrogen-bond acceptors (Lipinski definition) is 1. The fraction of sp³-hybridized carbons (Fsp3) is 0.357. The average Bonchev–Trinajstić information content (AvgIpc) is 2.70. The van der Waals surface area contributed by atoms with Gasteiger partial charge in [-0.25, -0.2) is 13.5 Å². The molecule has 0 unspecified atom stereocenters. The van der Waals surface area contributed by atoms with Crippen LogP contribution in [0.2, 0.25) is 0 Å². The second-order valence-electron chi connectivity index (χ2n) is 4.55. The number of aryl methyl sites for hydroxylation is 1. The Balaban J connectivity index is 2.28. The van der Waals surface area contributed by atoms with Crippen LogP contribution in [-0.2, 0) is 5.92 Å². The van der Waals surface area contributed by atoms with Crippen LogP contribution < -0.4 is 0 Å². The molecule has 19 heavy (non-hydrogen) atoms. The highest BCUT2D eigenvalue weighted by atomic mass is 127. The number of aromatic nitrogens is 2. The summed E-state index contributed by atoms with van der Waals surface area (Å²) in [6, 6.07) is 6.33. The SMILES string of the molecule is CCCC(F)(F)c1ccc(-n2cc(C)c(I)n2)cc1. The molecule has 0 radical (unpaired) electrons. The number of alkyl halides is 2. The number of benzene rings is 1. The molecule has 0 bridgehead atoms. The highest BCUT2D eigenvalue weighted by Gasteiger charge is 2.29. The Bertz CT molecular complexity index is 542. The summed E-state index contributed by atoms with van der Waals surface area (Å²) in [6.45, 7) is 3.73. The summed E-state index contributed by atoms with van der Waals surface area (Å²) in [7, 11) is 0. The van der Waals surface area contributed by atoms with Crippen molar-refractivity contribution in [3.63, 3.8) is 0 Å². The zero-order valence-corrected chi connectivity index (χ0v) is 13.0. The van der Waals surface area contributed by atoms with Gasteiger partial charge in [-0.15, -0.1) is 0 Å². The third-order valence-electron chi connectivity index (χ3n) is 2.96. The van der Waals surface area contributed by atoms with Crippen LogP contribution in [0.25, 0.3) is 5.69 Å². The Kier molecular flexibility index (Phi) is 4.23. The van der Waals surface area contributed by atoms with E-state index in [4.69, 9.17) is 0 Å². The highest BCUT2D eigenvalue weighted by molar-refractivity contribution is 14.1. The summed E-state index contributed by atoms with van der Waals surface area (Å²) in [5.74, 6) is -2.75. The number of rotatable bonds is 4. The van der Waals surface area contributed by atoms with Crippen LogP contribution in [0.1, 0.15) is 30.9 Å². The van der Waals surface area contributed by atoms with Crippen LogP contribution in [0.5, 0.6) is 0 Å². The molecule has 0 aliphatic heterocycles. The standard InChI is InChI=1S/C14H15F2IN2/c1-3-8-14(15,16)11-4-6-12(7-5-11)19-9-10(2)13(17)18-19/h4-7,9H,3,8H2,1-2H3. The minimum atomic E-state index is -2.75. The Morgan fingerprint density at radius 2 is 1.89 bits per heavy atom. The molecule has 0 amide bonds. The van der Waals surface area contributed by atoms with E-state index >= 15 is 0 Å². The molecule has 2 nitrogen and oxygen atoms in total. The van der Waals surface area contributed by atoms with Gasteiger partial charge in [0.1, 0.15) is 3.70 Å². The van der Waals surface area contributed by atoms with Crippen LogP contribution in [0, 0.1) is 10.6 Å². The van der Waals surface area contributed by atoms with Crippen molar-refractivity contribution in [2.45, 2.75) is 32.6 Å². The Labute approximate surface area is 125 Å². The Morgan fingerprint density at radius 1 is 1.26 bits per heavy atom. The smallest absolute Gasteiger partial charge is 0.240 e. The molecule has 2 aromatic rings. The molecule has 5 heteroatoms. The molecule has 0 atom stereocenters. The number of halogens is 3. The summed E-state index contributed by atoms with van der Waals surface area (Å²) in [5.41, 5.74) is 1.93. The highest BCUT2D eigenvalue weighted by Crippen LogP contribution is 2.33. The maximum absolute atomic E-state index is 13.7. The largest absolute Gasteiger partial charge is 0.273 e. The number of nitrogens with zero attached hydrogens (tertiary/aromatic N) is 2. The van der Waals surface area contributed by atoms with Gasteiger partial charge >= 0.3 is 0 Å². The topological polar surface area (TPSA) is 17.8 Å². The normalized spacial score (nSPS) is 11.8. The van der Waals surface area contributed by atoms with Gasteiger partial charge < -0.3 is 0 Å². The summed E-state index contributed by atoms with van der Waals surface area (Å²) >= 11 is 2.15. The lowest BCUT2D eigenvalue weighted by molar-refractivity contribution is -0.0140. The van der Waals surface area contributed by atoms with Crippen molar-refractivity contribution < 1.29 is 8.78 Å². The molecule has 1 aromatic heterocycles. The van der Waals surface area contributed by atoms with E-state index in [9.17, 15) is 8.78 Å². The van der Waals surface area contributed by atoms with Crippen molar-refractivity contribution in [2.24, 2.45) is 0 Å². The average molecular weight is 376 g/mol. The summed E-state index contributed by atoms with van der Waals surface area (Å²) < 4.78 is 30.1. The van der Waals surface area contributed by atoms with E-state index in [0.717, 1.165) is 15.0 Å². The lowest BCUT2D eigenvalue weighted by Crippen LogP contribution is -2.12. The molecule has 0 aliphatic carbocycles. The van der Waals surface area contributed by atoms with Crippen LogP contribution in [0.15, 0.2) is 30.5 Å². The third-order valence-corrected chi connectivity index (χ3v) is 4.02. The Hall–Kier alpha value is -0.980. The maximum atomic E-state index is 13.7. The van der Waals surface area contributed by atoms with Crippen molar-refractivity contribution in [3.8, 4) is 5.69 Å². The van der Waals surface area contributed by atoms with Gasteiger partial charge in [0.15, 0.2) is 0 Å². The first kappa shape index (κ1) is 14.4. The van der Waals surface area contributed by atoms with Crippen LogP contribution in [0.4, 0.5) is 8.78 Å². The minimum absolute atomic E-state index is 0.0664. The molecule has 1 aromatic carbocycles. The van der Waals surface area contributed by atoms with Gasteiger partial charge in [-0.2, -0.15) is 5.10 Å². The van der Waals surface area contributed by atoms with Gasteiger partial charge in [0.05, 0.1) is 5.69 Å². The quantitative estimate of drug-likeness (QED) is 0.709. The molecule has 1 heterocycles. The van der Waals surface area contributed by atoms with E-state index < -0.39 is 5.92 Å². The van der Waals surface area contributed by atoms with Gasteiger partial charge in [0, 0.05) is 23.7 Å². The fourth-order valence-corrected chi connectivity index (χ4v) is 2.26. The van der Waals surface area contributed by atoms with Crippen molar-refractivity contribution in [3.05, 3.63) is 45.3 Å². The first-order chi connectivity index (χ1) is 8.94. The maximum Gasteiger partial charge on any atom is 0.273 e. The van der Waals surface area contributed by atoms with Gasteiger partial charge in [0.2, 0.25) is 0 Å². The molecule has 0 N–H and O–H groups in total. The molecule has 0 spiro atoms. The van der Waals surface area contributed by atoms with E-state index in [0.29, 0.717) is 6.42 Å². The molecular weight excluding hydrogens is 361 g/mol. The molecule has 102 valence electrons. The first-order valence-electron chi connectivity index (χ1n) is 6.14. The van der Waals surface area contributed by atoms with Crippen LogP contribution >= 0.6 is 22.6 Å². The molecule has 0 aliphatic rings. The monoisotopic (exact) mass is 376 g/mol. The third kappa shape index (κ3) is 3.13. The van der Waals surface area contributed by atoms with E-state index in [1.54, 1.807) is 23.7 Å². The predicted molar refractivity (Wildman–Crippen MR) is 79.8 cm³/mol. The second-order valence-corrected chi connectivity index (χ2v) is 5.57. The van der Waals surface area contributed by atoms with Crippen LogP contribution in [-0.4, -0.2) is 9.78 Å². The zero-order chi connectivity index (χ0) is 14.0. The van der Waals surface area contributed by atoms with Crippen LogP contribution in [0.3, 0.4) is 0 Å². The molecular formula is C14H15F2IN2. The lowest BCUT2D eigenvalue weighted by Gasteiger charge is -2.16. The van der Waals surface area contributed by atoms with Crippen molar-refractivity contribution in [1.82, 2.24) is 9.78 Å². The van der Waals surface area contributed by atoms with E-state index in [-0.39, 0.29) is 12.0 Å². The second kappa shape index (κ2) is 5.56. The Morgan fingerprint density at radius 3 is 2.37 bits per heavy atom. The fourth-order valence-electron chi connectivity index (χ4n) is 1.89. The van der Waals surface area contributed by atoms with Crippen molar-refractivity contribution >= 4 is 22.6 Å². The number of hydrogen-bond donors (Lipinski definition) is 0. The summed E-state index contributed by atoms with van der Waals surface area (Å²) in [5, 5.41) is 4.32. The van der Waals surface area contributed by atoms with E-state index in [1.807, 2.05) is 13.1 Å². The summed E-state index contributed by atoms with van der Waals surface area (Å²) in [4.78, 5) is 0. The van der Waals surface area contributed by atoms with Crippen molar-refractivity contribution in [2.75, 3.05) is 0 Å². The van der Waals surface area contributed by atoms with E-state index in [2.05, 4.69) is 27.7 Å². The van der Waals surface area contributed by atoms with Gasteiger partial charge in [-0.1, -0.05) is 25.5 Å². The molecule has 0 saturated heterocycles. The molecule has 0 saturated carbocycles. The summed E-state index contributed by atoms with van der Waals surface area (Å²) in [6.07, 6.45) is 2.23. The first-order valence-corrected chi connectivity index (χ1v) is 7.22. The minimum Gasteiger partial charge on any atom is -0.240 e.